The fraction of sp³-hybridized carbons (Fsp3) is 0.297. The van der Waals surface area contributed by atoms with Crippen LogP contribution in [-0.4, -0.2) is 62.0 Å². The number of alkyl halides is 3. The molecule has 2 aliphatic heterocycles. The number of methoxy groups -OCH3 is 1. The number of ether oxygens (including phenoxy) is 1. The van der Waals surface area contributed by atoms with E-state index in [4.69, 9.17) is 4.74 Å². The van der Waals surface area contributed by atoms with Crippen LogP contribution in [0.2, 0.25) is 0 Å². The van der Waals surface area contributed by atoms with Crippen molar-refractivity contribution in [1.29, 1.82) is 0 Å². The van der Waals surface area contributed by atoms with E-state index in [1.807, 2.05) is 55.5 Å². The summed E-state index contributed by atoms with van der Waals surface area (Å²) in [7, 11) is 3.59. The highest BCUT2D eigenvalue weighted by Gasteiger charge is 2.45. The van der Waals surface area contributed by atoms with Gasteiger partial charge in [0.05, 0.1) is 24.6 Å². The van der Waals surface area contributed by atoms with E-state index in [0.717, 1.165) is 55.1 Å². The van der Waals surface area contributed by atoms with Crippen molar-refractivity contribution in [1.82, 2.24) is 9.80 Å². The Morgan fingerprint density at radius 2 is 1.62 bits per heavy atom. The van der Waals surface area contributed by atoms with Crippen molar-refractivity contribution in [3.05, 3.63) is 124 Å². The van der Waals surface area contributed by atoms with Crippen LogP contribution >= 0.6 is 0 Å². The fourth-order valence-corrected chi connectivity index (χ4v) is 6.40. The third kappa shape index (κ3) is 6.83. The predicted octanol–water partition coefficient (Wildman–Crippen LogP) is 6.89. The smallest absolute Gasteiger partial charge is 0.416 e. The van der Waals surface area contributed by atoms with Gasteiger partial charge in [-0.15, -0.1) is 0 Å². The van der Waals surface area contributed by atoms with E-state index in [-0.39, 0.29) is 18.4 Å². The van der Waals surface area contributed by atoms with E-state index in [9.17, 15) is 22.8 Å². The van der Waals surface area contributed by atoms with Crippen molar-refractivity contribution in [2.45, 2.75) is 31.6 Å². The van der Waals surface area contributed by atoms with Gasteiger partial charge >= 0.3 is 6.18 Å². The number of amides is 2. The second-order valence-electron chi connectivity index (χ2n) is 12.2. The maximum Gasteiger partial charge on any atom is 0.416 e. The standard InChI is InChI=1S/C37H37F3N4O3/c1-24-7-9-25(10-8-24)23-44-34(26-11-13-27(14-12-26)37(38,39)40)33(31-16-15-30(47-3)22-32(31)36(44)46)35(45)41-28-5-4-6-29(21-28)43-19-17-42(2)18-20-43/h4-16,21-22,33-34H,17-20,23H2,1-3H3,(H,41,45)/t33-,34+/m0/s1. The highest BCUT2D eigenvalue weighted by atomic mass is 19.4. The Morgan fingerprint density at radius 1 is 0.915 bits per heavy atom. The fourth-order valence-electron chi connectivity index (χ4n) is 6.40. The number of nitrogens with one attached hydrogen (secondary N) is 1. The second kappa shape index (κ2) is 13.1. The number of rotatable bonds is 7. The molecule has 0 saturated carbocycles. The number of carbonyl (C=O) groups excluding carboxylic acids is 2. The molecule has 2 amide bonds. The molecule has 0 bridgehead atoms. The van der Waals surface area contributed by atoms with Gasteiger partial charge in [0, 0.05) is 49.7 Å². The molecule has 2 heterocycles. The van der Waals surface area contributed by atoms with E-state index in [2.05, 4.69) is 22.2 Å². The number of aryl methyl sites for hydroxylation is 1. The first-order valence-electron chi connectivity index (χ1n) is 15.6. The number of hydrogen-bond acceptors (Lipinski definition) is 5. The monoisotopic (exact) mass is 642 g/mol. The average Bonchev–Trinajstić information content (AvgIpc) is 3.06. The third-order valence-corrected chi connectivity index (χ3v) is 9.06. The van der Waals surface area contributed by atoms with Crippen LogP contribution in [0.4, 0.5) is 24.5 Å². The third-order valence-electron chi connectivity index (χ3n) is 9.06. The number of anilines is 2. The Morgan fingerprint density at radius 3 is 2.28 bits per heavy atom. The molecule has 10 heteroatoms. The van der Waals surface area contributed by atoms with E-state index < -0.39 is 23.7 Å². The van der Waals surface area contributed by atoms with Crippen LogP contribution in [0, 0.1) is 6.92 Å². The molecule has 244 valence electrons. The number of likely N-dealkylation sites (N-methyl/N-ethyl adjacent to an activating group) is 1. The van der Waals surface area contributed by atoms with Crippen molar-refractivity contribution in [2.75, 3.05) is 50.6 Å². The first kappa shape index (κ1) is 32.1. The number of piperazine rings is 1. The van der Waals surface area contributed by atoms with Gasteiger partial charge in [-0.3, -0.25) is 9.59 Å². The molecule has 2 atom stereocenters. The number of halogens is 3. The number of benzene rings is 4. The lowest BCUT2D eigenvalue weighted by Gasteiger charge is -2.42. The molecule has 4 aromatic rings. The van der Waals surface area contributed by atoms with Crippen LogP contribution in [0.1, 0.15) is 50.1 Å². The molecule has 7 nitrogen and oxygen atoms in total. The van der Waals surface area contributed by atoms with Gasteiger partial charge in [-0.25, -0.2) is 0 Å². The van der Waals surface area contributed by atoms with Crippen LogP contribution in [0.5, 0.6) is 5.75 Å². The van der Waals surface area contributed by atoms with Crippen LogP contribution in [-0.2, 0) is 17.5 Å². The molecule has 6 rings (SSSR count). The summed E-state index contributed by atoms with van der Waals surface area (Å²) >= 11 is 0. The summed E-state index contributed by atoms with van der Waals surface area (Å²) in [5.74, 6) is -1.20. The van der Waals surface area contributed by atoms with Gasteiger partial charge in [-0.1, -0.05) is 54.1 Å². The number of nitrogens with zero attached hydrogens (tertiary/aromatic N) is 3. The first-order valence-corrected chi connectivity index (χ1v) is 15.6. The van der Waals surface area contributed by atoms with Gasteiger partial charge in [0.15, 0.2) is 0 Å². The minimum atomic E-state index is -4.53. The van der Waals surface area contributed by atoms with Gasteiger partial charge in [0.1, 0.15) is 5.75 Å². The summed E-state index contributed by atoms with van der Waals surface area (Å²) in [5.41, 5.74) is 3.86. The minimum Gasteiger partial charge on any atom is -0.497 e. The molecular formula is C37H37F3N4O3. The summed E-state index contributed by atoms with van der Waals surface area (Å²) in [6.07, 6.45) is -4.53. The SMILES string of the molecule is COc1ccc2c(c1)C(=O)N(Cc1ccc(C)cc1)[C@H](c1ccc(C(F)(F)F)cc1)[C@H]2C(=O)Nc1cccc(N2CCN(C)CC2)c1. The predicted molar refractivity (Wildman–Crippen MR) is 176 cm³/mol. The zero-order valence-electron chi connectivity index (χ0n) is 26.6. The molecule has 0 aromatic heterocycles. The Kier molecular flexibility index (Phi) is 8.96. The van der Waals surface area contributed by atoms with Crippen molar-refractivity contribution in [2.24, 2.45) is 0 Å². The zero-order valence-corrected chi connectivity index (χ0v) is 26.6. The number of fused-ring (bicyclic) bond motifs is 1. The molecule has 2 aliphatic rings. The zero-order chi connectivity index (χ0) is 33.3. The molecule has 0 unspecified atom stereocenters. The van der Waals surface area contributed by atoms with Gasteiger partial charge < -0.3 is 24.8 Å². The van der Waals surface area contributed by atoms with Crippen molar-refractivity contribution >= 4 is 23.2 Å². The highest BCUT2D eigenvalue weighted by Crippen LogP contribution is 2.45. The van der Waals surface area contributed by atoms with Crippen molar-refractivity contribution < 1.29 is 27.5 Å². The van der Waals surface area contributed by atoms with Crippen LogP contribution in [0.3, 0.4) is 0 Å². The maximum atomic E-state index is 14.5. The van der Waals surface area contributed by atoms with E-state index >= 15 is 0 Å². The van der Waals surface area contributed by atoms with Crippen LogP contribution in [0.25, 0.3) is 0 Å². The second-order valence-corrected chi connectivity index (χ2v) is 12.2. The number of hydrogen-bond donors (Lipinski definition) is 1. The molecule has 4 aromatic carbocycles. The normalized spacial score (nSPS) is 18.6. The first-order chi connectivity index (χ1) is 22.5. The topological polar surface area (TPSA) is 65.1 Å². The summed E-state index contributed by atoms with van der Waals surface area (Å²) in [6, 6.07) is 24.2. The molecule has 1 saturated heterocycles. The van der Waals surface area contributed by atoms with E-state index in [0.29, 0.717) is 28.1 Å². The average molecular weight is 643 g/mol. The van der Waals surface area contributed by atoms with E-state index in [1.54, 1.807) is 23.1 Å². The molecule has 0 radical (unpaired) electrons. The lowest BCUT2D eigenvalue weighted by Crippen LogP contribution is -2.45. The summed E-state index contributed by atoms with van der Waals surface area (Å²) < 4.78 is 46.2. The maximum absolute atomic E-state index is 14.5. The van der Waals surface area contributed by atoms with Crippen LogP contribution in [0.15, 0.2) is 91.0 Å². The Hall–Kier alpha value is -4.83. The molecule has 1 fully saturated rings. The van der Waals surface area contributed by atoms with Gasteiger partial charge in [0.25, 0.3) is 5.91 Å². The summed E-state index contributed by atoms with van der Waals surface area (Å²) in [4.78, 5) is 34.9. The van der Waals surface area contributed by atoms with Crippen molar-refractivity contribution in [3.63, 3.8) is 0 Å². The number of carbonyl (C=O) groups is 2. The molecular weight excluding hydrogens is 605 g/mol. The lowest BCUT2D eigenvalue weighted by atomic mass is 9.78. The van der Waals surface area contributed by atoms with Crippen LogP contribution < -0.4 is 15.0 Å². The molecule has 0 spiro atoms. The quantitative estimate of drug-likeness (QED) is 0.238. The Labute approximate surface area is 272 Å². The Bertz CT molecular complexity index is 1750. The largest absolute Gasteiger partial charge is 0.497 e. The Balaban J connectivity index is 1.43. The van der Waals surface area contributed by atoms with Gasteiger partial charge in [-0.2, -0.15) is 13.2 Å². The van der Waals surface area contributed by atoms with Gasteiger partial charge in [-0.05, 0) is 73.1 Å². The molecule has 0 aliphatic carbocycles. The van der Waals surface area contributed by atoms with Crippen molar-refractivity contribution in [3.8, 4) is 5.75 Å². The summed E-state index contributed by atoms with van der Waals surface area (Å²) in [6.45, 7) is 5.68. The molecule has 1 N–H and O–H groups in total. The van der Waals surface area contributed by atoms with E-state index in [1.165, 1.54) is 19.2 Å². The molecule has 47 heavy (non-hydrogen) atoms. The highest BCUT2D eigenvalue weighted by molar-refractivity contribution is 6.04. The summed E-state index contributed by atoms with van der Waals surface area (Å²) in [5, 5.41) is 3.09. The lowest BCUT2D eigenvalue weighted by molar-refractivity contribution is -0.137. The van der Waals surface area contributed by atoms with Gasteiger partial charge in [0.2, 0.25) is 5.91 Å². The minimum absolute atomic E-state index is 0.143.